The Morgan fingerprint density at radius 2 is 1.89 bits per heavy atom. The number of nitrogens with zero attached hydrogens (tertiary/aromatic N) is 3. The summed E-state index contributed by atoms with van der Waals surface area (Å²) in [5.74, 6) is 0.148. The zero-order chi connectivity index (χ0) is 19.5. The summed E-state index contributed by atoms with van der Waals surface area (Å²) < 4.78 is 0. The number of pyridine rings is 1. The fourth-order valence-corrected chi connectivity index (χ4v) is 4.21. The van der Waals surface area contributed by atoms with Crippen molar-refractivity contribution in [2.75, 3.05) is 31.1 Å². The minimum absolute atomic E-state index is 0.0674. The molecule has 3 heterocycles. The van der Waals surface area contributed by atoms with Crippen LogP contribution in [0.5, 0.6) is 0 Å². The molecule has 3 N–H and O–H groups in total. The average molecular weight is 392 g/mol. The molecule has 0 bridgehead atoms. The lowest BCUT2D eigenvalue weighted by atomic mass is 10.1. The van der Waals surface area contributed by atoms with E-state index in [9.17, 15) is 4.79 Å². The highest BCUT2D eigenvalue weighted by atomic mass is 32.1. The molecule has 3 aromatic rings. The highest BCUT2D eigenvalue weighted by Crippen LogP contribution is 2.26. The Morgan fingerprint density at radius 1 is 1.07 bits per heavy atom. The third-order valence-electron chi connectivity index (χ3n) is 4.89. The number of hydrogen-bond acceptors (Lipinski definition) is 5. The molecule has 1 aliphatic rings. The van der Waals surface area contributed by atoms with Crippen LogP contribution >= 0.6 is 11.3 Å². The largest absolute Gasteiger partial charge is 0.384 e. The Bertz CT molecular complexity index is 993. The number of aromatic nitrogens is 1. The Balaban J connectivity index is 1.41. The molecule has 28 heavy (non-hydrogen) atoms. The van der Waals surface area contributed by atoms with Gasteiger partial charge in [0.15, 0.2) is 0 Å². The SMILES string of the molecule is N=C(N)c1cccc(N2CCN(C(=O)c3cc(-c4cccnc4)cs3)CC2)c1. The maximum atomic E-state index is 12.9. The number of carbonyl (C=O) groups excluding carboxylic acids is 1. The number of nitrogens with two attached hydrogens (primary N) is 1. The van der Waals surface area contributed by atoms with Gasteiger partial charge >= 0.3 is 0 Å². The number of hydrogen-bond donors (Lipinski definition) is 2. The molecule has 0 aliphatic carbocycles. The van der Waals surface area contributed by atoms with Gasteiger partial charge in [0.05, 0.1) is 4.88 Å². The molecule has 0 spiro atoms. The number of amides is 1. The van der Waals surface area contributed by atoms with E-state index in [1.54, 1.807) is 6.20 Å². The number of rotatable bonds is 4. The number of anilines is 1. The van der Waals surface area contributed by atoms with Crippen LogP contribution in [0.4, 0.5) is 5.69 Å². The third kappa shape index (κ3) is 3.75. The number of carbonyl (C=O) groups is 1. The van der Waals surface area contributed by atoms with Crippen molar-refractivity contribution in [3.63, 3.8) is 0 Å². The van der Waals surface area contributed by atoms with Crippen LogP contribution in [0.25, 0.3) is 11.1 Å². The first-order chi connectivity index (χ1) is 13.6. The normalized spacial score (nSPS) is 14.1. The standard InChI is InChI=1S/C21H21N5OS/c22-20(23)15-3-1-5-18(11-15)25-7-9-26(10-8-25)21(27)19-12-17(14-28-19)16-4-2-6-24-13-16/h1-6,11-14H,7-10H2,(H3,22,23). The maximum Gasteiger partial charge on any atom is 0.264 e. The Morgan fingerprint density at radius 3 is 2.61 bits per heavy atom. The predicted octanol–water partition coefficient (Wildman–Crippen LogP) is 3.06. The van der Waals surface area contributed by atoms with E-state index in [1.165, 1.54) is 11.3 Å². The summed E-state index contributed by atoms with van der Waals surface area (Å²) in [6, 6.07) is 13.5. The number of benzene rings is 1. The fraction of sp³-hybridized carbons (Fsp3) is 0.190. The predicted molar refractivity (Wildman–Crippen MR) is 113 cm³/mol. The lowest BCUT2D eigenvalue weighted by molar-refractivity contribution is 0.0751. The molecule has 1 aromatic carbocycles. The second-order valence-corrected chi connectivity index (χ2v) is 7.60. The molecular weight excluding hydrogens is 370 g/mol. The third-order valence-corrected chi connectivity index (χ3v) is 5.81. The minimum Gasteiger partial charge on any atom is -0.384 e. The van der Waals surface area contributed by atoms with E-state index in [2.05, 4.69) is 9.88 Å². The molecule has 0 unspecified atom stereocenters. The van der Waals surface area contributed by atoms with Gasteiger partial charge in [-0.25, -0.2) is 0 Å². The van der Waals surface area contributed by atoms with Crippen molar-refractivity contribution in [1.82, 2.24) is 9.88 Å². The summed E-state index contributed by atoms with van der Waals surface area (Å²) in [7, 11) is 0. The zero-order valence-electron chi connectivity index (χ0n) is 15.3. The molecule has 1 aliphatic heterocycles. The highest BCUT2D eigenvalue weighted by molar-refractivity contribution is 7.12. The molecule has 4 rings (SSSR count). The number of piperazine rings is 1. The van der Waals surface area contributed by atoms with Gasteiger partial charge in [-0.05, 0) is 35.2 Å². The fourth-order valence-electron chi connectivity index (χ4n) is 3.33. The lowest BCUT2D eigenvalue weighted by Gasteiger charge is -2.36. The lowest BCUT2D eigenvalue weighted by Crippen LogP contribution is -2.48. The van der Waals surface area contributed by atoms with Gasteiger partial charge in [-0.15, -0.1) is 11.3 Å². The quantitative estimate of drug-likeness (QED) is 0.529. The van der Waals surface area contributed by atoms with Crippen LogP contribution in [-0.4, -0.2) is 47.8 Å². The van der Waals surface area contributed by atoms with E-state index in [0.29, 0.717) is 13.1 Å². The second kappa shape index (κ2) is 7.82. The van der Waals surface area contributed by atoms with Crippen molar-refractivity contribution in [1.29, 1.82) is 5.41 Å². The molecule has 0 atom stereocenters. The number of nitrogen functional groups attached to an aromatic ring is 1. The van der Waals surface area contributed by atoms with Gasteiger partial charge in [-0.2, -0.15) is 0 Å². The van der Waals surface area contributed by atoms with E-state index in [0.717, 1.165) is 40.3 Å². The molecule has 0 saturated carbocycles. The summed E-state index contributed by atoms with van der Waals surface area (Å²) in [5.41, 5.74) is 9.40. The number of amidine groups is 1. The molecule has 0 radical (unpaired) electrons. The van der Waals surface area contributed by atoms with E-state index in [4.69, 9.17) is 11.1 Å². The molecule has 142 valence electrons. The molecular formula is C21H21N5OS. The summed E-state index contributed by atoms with van der Waals surface area (Å²) in [5, 5.41) is 9.61. The van der Waals surface area contributed by atoms with Crippen LogP contribution < -0.4 is 10.6 Å². The van der Waals surface area contributed by atoms with Crippen molar-refractivity contribution < 1.29 is 4.79 Å². The van der Waals surface area contributed by atoms with Crippen LogP contribution in [0.2, 0.25) is 0 Å². The first kappa shape index (κ1) is 18.2. The summed E-state index contributed by atoms with van der Waals surface area (Å²) in [6.45, 7) is 2.86. The monoisotopic (exact) mass is 391 g/mol. The van der Waals surface area contributed by atoms with E-state index in [1.807, 2.05) is 58.9 Å². The van der Waals surface area contributed by atoms with Gasteiger partial charge < -0.3 is 15.5 Å². The van der Waals surface area contributed by atoms with Gasteiger partial charge in [0.25, 0.3) is 5.91 Å². The van der Waals surface area contributed by atoms with Crippen LogP contribution in [-0.2, 0) is 0 Å². The Hall–Kier alpha value is -3.19. The van der Waals surface area contributed by atoms with Crippen LogP contribution in [0.15, 0.2) is 60.2 Å². The maximum absolute atomic E-state index is 12.9. The topological polar surface area (TPSA) is 86.3 Å². The summed E-state index contributed by atoms with van der Waals surface area (Å²) in [4.78, 5) is 21.9. The minimum atomic E-state index is 0.0674. The van der Waals surface area contributed by atoms with Gasteiger partial charge in [0.2, 0.25) is 0 Å². The van der Waals surface area contributed by atoms with Crippen LogP contribution in [0, 0.1) is 5.41 Å². The smallest absolute Gasteiger partial charge is 0.264 e. The highest BCUT2D eigenvalue weighted by Gasteiger charge is 2.23. The molecule has 1 saturated heterocycles. The molecule has 1 fully saturated rings. The van der Waals surface area contributed by atoms with Gasteiger partial charge in [-0.3, -0.25) is 15.2 Å². The van der Waals surface area contributed by atoms with Gasteiger partial charge in [0.1, 0.15) is 5.84 Å². The van der Waals surface area contributed by atoms with Crippen LogP contribution in [0.3, 0.4) is 0 Å². The Kier molecular flexibility index (Phi) is 5.08. The van der Waals surface area contributed by atoms with Crippen molar-refractivity contribution in [2.24, 2.45) is 5.73 Å². The first-order valence-corrected chi connectivity index (χ1v) is 9.97. The van der Waals surface area contributed by atoms with Crippen molar-refractivity contribution >= 4 is 28.8 Å². The second-order valence-electron chi connectivity index (χ2n) is 6.68. The van der Waals surface area contributed by atoms with Gasteiger partial charge in [-0.1, -0.05) is 18.2 Å². The molecule has 1 amide bonds. The molecule has 7 heteroatoms. The number of nitrogens with one attached hydrogen (secondary N) is 1. The van der Waals surface area contributed by atoms with Crippen molar-refractivity contribution in [3.05, 3.63) is 70.7 Å². The average Bonchev–Trinajstić information content (AvgIpc) is 3.24. The first-order valence-electron chi connectivity index (χ1n) is 9.09. The molecule has 2 aromatic heterocycles. The van der Waals surface area contributed by atoms with E-state index < -0.39 is 0 Å². The van der Waals surface area contributed by atoms with E-state index >= 15 is 0 Å². The molecule has 6 nitrogen and oxygen atoms in total. The number of thiophene rings is 1. The summed E-state index contributed by atoms with van der Waals surface area (Å²) in [6.07, 6.45) is 3.55. The van der Waals surface area contributed by atoms with E-state index in [-0.39, 0.29) is 11.7 Å². The summed E-state index contributed by atoms with van der Waals surface area (Å²) >= 11 is 1.48. The Labute approximate surface area is 167 Å². The van der Waals surface area contributed by atoms with Crippen molar-refractivity contribution in [2.45, 2.75) is 0 Å². The zero-order valence-corrected chi connectivity index (χ0v) is 16.2. The van der Waals surface area contributed by atoms with Crippen LogP contribution in [0.1, 0.15) is 15.2 Å². The van der Waals surface area contributed by atoms with Crippen molar-refractivity contribution in [3.8, 4) is 11.1 Å². The van der Waals surface area contributed by atoms with Gasteiger partial charge in [0, 0.05) is 55.4 Å².